The summed E-state index contributed by atoms with van der Waals surface area (Å²) in [5.41, 5.74) is 7.18. The normalized spacial score (nSPS) is 12.3. The Kier molecular flexibility index (Phi) is 3.76. The second-order valence-corrected chi connectivity index (χ2v) is 5.39. The molecule has 88 valence electrons. The van der Waals surface area contributed by atoms with E-state index in [0.29, 0.717) is 21.4 Å². The largest absolute Gasteiger partial charge is 0.398 e. The van der Waals surface area contributed by atoms with Crippen LogP contribution >= 0.6 is 11.6 Å². The van der Waals surface area contributed by atoms with Gasteiger partial charge in [-0.05, 0) is 29.8 Å². The first kappa shape index (κ1) is 12.1. The molecule has 0 amide bonds. The third kappa shape index (κ3) is 3.05. The number of halogens is 1. The molecule has 1 heterocycles. The van der Waals surface area contributed by atoms with Crippen molar-refractivity contribution in [2.45, 2.75) is 10.6 Å². The number of aromatic nitrogens is 1. The topological polar surface area (TPSA) is 56.0 Å². The number of pyridine rings is 1. The lowest BCUT2D eigenvalue weighted by Crippen LogP contribution is -2.01. The maximum Gasteiger partial charge on any atom is 0.0635 e. The van der Waals surface area contributed by atoms with Crippen molar-refractivity contribution in [3.05, 3.63) is 53.3 Å². The predicted molar refractivity (Wildman–Crippen MR) is 70.2 cm³/mol. The molecule has 1 unspecified atom stereocenters. The summed E-state index contributed by atoms with van der Waals surface area (Å²) in [5, 5.41) is 0.536. The van der Waals surface area contributed by atoms with Crippen LogP contribution < -0.4 is 5.73 Å². The van der Waals surface area contributed by atoms with Crippen LogP contribution in [0.15, 0.2) is 47.6 Å². The smallest absolute Gasteiger partial charge is 0.0635 e. The standard InChI is InChI=1S/C12H11ClN2OS/c13-10-3-4-11(14)12(6-10)17(16)8-9-2-1-5-15-7-9/h1-7H,8,14H2. The van der Waals surface area contributed by atoms with Crippen molar-refractivity contribution in [2.24, 2.45) is 0 Å². The van der Waals surface area contributed by atoms with E-state index in [9.17, 15) is 4.21 Å². The van der Waals surface area contributed by atoms with E-state index >= 15 is 0 Å². The number of hydrogen-bond acceptors (Lipinski definition) is 3. The molecule has 3 nitrogen and oxygen atoms in total. The maximum atomic E-state index is 12.1. The van der Waals surface area contributed by atoms with Gasteiger partial charge in [-0.15, -0.1) is 0 Å². The lowest BCUT2D eigenvalue weighted by atomic mass is 10.3. The van der Waals surface area contributed by atoms with Gasteiger partial charge < -0.3 is 5.73 Å². The van der Waals surface area contributed by atoms with Gasteiger partial charge in [0.05, 0.1) is 21.4 Å². The van der Waals surface area contributed by atoms with Gasteiger partial charge in [0.2, 0.25) is 0 Å². The fraction of sp³-hybridized carbons (Fsp3) is 0.0833. The van der Waals surface area contributed by atoms with Crippen molar-refractivity contribution in [1.29, 1.82) is 0 Å². The molecule has 0 aliphatic carbocycles. The zero-order chi connectivity index (χ0) is 12.3. The van der Waals surface area contributed by atoms with Gasteiger partial charge in [-0.3, -0.25) is 9.19 Å². The van der Waals surface area contributed by atoms with E-state index in [1.807, 2.05) is 12.1 Å². The Balaban J connectivity index is 2.23. The van der Waals surface area contributed by atoms with E-state index in [0.717, 1.165) is 5.56 Å². The molecule has 0 fully saturated rings. The molecule has 2 rings (SSSR count). The van der Waals surface area contributed by atoms with Gasteiger partial charge in [0.15, 0.2) is 0 Å². The first-order valence-corrected chi connectivity index (χ1v) is 6.69. The summed E-state index contributed by atoms with van der Waals surface area (Å²) < 4.78 is 12.1. The molecule has 0 bridgehead atoms. The van der Waals surface area contributed by atoms with Gasteiger partial charge in [-0.1, -0.05) is 17.7 Å². The Bertz CT molecular complexity index is 545. The van der Waals surface area contributed by atoms with Gasteiger partial charge in [0.25, 0.3) is 0 Å². The molecule has 0 aliphatic rings. The van der Waals surface area contributed by atoms with Crippen LogP contribution in [-0.4, -0.2) is 9.19 Å². The maximum absolute atomic E-state index is 12.1. The molecule has 0 radical (unpaired) electrons. The van der Waals surface area contributed by atoms with Gasteiger partial charge in [0, 0.05) is 23.1 Å². The van der Waals surface area contributed by atoms with Crippen LogP contribution in [0.1, 0.15) is 5.56 Å². The third-order valence-corrected chi connectivity index (χ3v) is 3.92. The molecule has 0 aliphatic heterocycles. The first-order valence-electron chi connectivity index (χ1n) is 4.99. The number of nitrogen functional groups attached to an aromatic ring is 1. The Morgan fingerprint density at radius 1 is 1.35 bits per heavy atom. The molecule has 2 N–H and O–H groups in total. The van der Waals surface area contributed by atoms with Crippen LogP contribution in [0.4, 0.5) is 5.69 Å². The highest BCUT2D eigenvalue weighted by Gasteiger charge is 2.09. The number of benzene rings is 1. The van der Waals surface area contributed by atoms with Crippen LogP contribution in [0.3, 0.4) is 0 Å². The fourth-order valence-electron chi connectivity index (χ4n) is 1.42. The number of anilines is 1. The molecule has 1 aromatic heterocycles. The minimum Gasteiger partial charge on any atom is -0.398 e. The number of nitrogens with zero attached hydrogens (tertiary/aromatic N) is 1. The molecular weight excluding hydrogens is 256 g/mol. The van der Waals surface area contributed by atoms with E-state index in [1.165, 1.54) is 0 Å². The van der Waals surface area contributed by atoms with Gasteiger partial charge in [-0.25, -0.2) is 0 Å². The van der Waals surface area contributed by atoms with E-state index in [2.05, 4.69) is 4.98 Å². The summed E-state index contributed by atoms with van der Waals surface area (Å²) in [7, 11) is -1.21. The number of rotatable bonds is 3. The van der Waals surface area contributed by atoms with Crippen LogP contribution in [0, 0.1) is 0 Å². The SMILES string of the molecule is Nc1ccc(Cl)cc1S(=O)Cc1cccnc1. The summed E-state index contributed by atoms with van der Waals surface area (Å²) in [4.78, 5) is 4.55. The summed E-state index contributed by atoms with van der Waals surface area (Å²) in [6.45, 7) is 0. The van der Waals surface area contributed by atoms with Crippen molar-refractivity contribution < 1.29 is 4.21 Å². The summed E-state index contributed by atoms with van der Waals surface area (Å²) >= 11 is 5.86. The predicted octanol–water partition coefficient (Wildman–Crippen LogP) is 2.63. The highest BCUT2D eigenvalue weighted by Crippen LogP contribution is 2.23. The first-order chi connectivity index (χ1) is 8.16. The zero-order valence-electron chi connectivity index (χ0n) is 8.97. The molecule has 5 heteroatoms. The van der Waals surface area contributed by atoms with E-state index in [1.54, 1.807) is 30.6 Å². The summed E-state index contributed by atoms with van der Waals surface area (Å²) in [6, 6.07) is 8.68. The Morgan fingerprint density at radius 2 is 2.18 bits per heavy atom. The van der Waals surface area contributed by atoms with E-state index < -0.39 is 10.8 Å². The number of hydrogen-bond donors (Lipinski definition) is 1. The average Bonchev–Trinajstić information content (AvgIpc) is 2.33. The molecule has 17 heavy (non-hydrogen) atoms. The molecular formula is C12H11ClN2OS. The highest BCUT2D eigenvalue weighted by atomic mass is 35.5. The lowest BCUT2D eigenvalue weighted by Gasteiger charge is -2.06. The summed E-state index contributed by atoms with van der Waals surface area (Å²) in [6.07, 6.45) is 3.37. The minimum atomic E-state index is -1.21. The van der Waals surface area contributed by atoms with Gasteiger partial charge in [-0.2, -0.15) is 0 Å². The molecule has 2 aromatic rings. The van der Waals surface area contributed by atoms with Crippen molar-refractivity contribution in [3.8, 4) is 0 Å². The van der Waals surface area contributed by atoms with Crippen LogP contribution in [-0.2, 0) is 16.6 Å². The van der Waals surface area contributed by atoms with Crippen molar-refractivity contribution in [3.63, 3.8) is 0 Å². The second-order valence-electron chi connectivity index (χ2n) is 3.53. The van der Waals surface area contributed by atoms with Gasteiger partial charge >= 0.3 is 0 Å². The zero-order valence-corrected chi connectivity index (χ0v) is 10.5. The lowest BCUT2D eigenvalue weighted by molar-refractivity contribution is 0.683. The molecule has 0 saturated heterocycles. The molecule has 1 aromatic carbocycles. The molecule has 1 atom stereocenters. The Morgan fingerprint density at radius 3 is 2.88 bits per heavy atom. The molecule has 0 saturated carbocycles. The summed E-state index contributed by atoms with van der Waals surface area (Å²) in [5.74, 6) is 0.387. The van der Waals surface area contributed by atoms with Crippen LogP contribution in [0.2, 0.25) is 5.02 Å². The van der Waals surface area contributed by atoms with Crippen LogP contribution in [0.25, 0.3) is 0 Å². The van der Waals surface area contributed by atoms with Crippen molar-refractivity contribution >= 4 is 28.1 Å². The Labute approximate surface area is 107 Å². The Hall–Kier alpha value is -1.39. The molecule has 0 spiro atoms. The monoisotopic (exact) mass is 266 g/mol. The fourth-order valence-corrected chi connectivity index (χ4v) is 2.87. The highest BCUT2D eigenvalue weighted by molar-refractivity contribution is 7.84. The second kappa shape index (κ2) is 5.29. The minimum absolute atomic E-state index is 0.387. The quantitative estimate of drug-likeness (QED) is 0.869. The van der Waals surface area contributed by atoms with Crippen LogP contribution in [0.5, 0.6) is 0 Å². The number of nitrogens with two attached hydrogens (primary N) is 1. The van der Waals surface area contributed by atoms with E-state index in [4.69, 9.17) is 17.3 Å². The van der Waals surface area contributed by atoms with Gasteiger partial charge in [0.1, 0.15) is 0 Å². The average molecular weight is 267 g/mol. The van der Waals surface area contributed by atoms with Crippen molar-refractivity contribution in [2.75, 3.05) is 5.73 Å². The van der Waals surface area contributed by atoms with Crippen molar-refractivity contribution in [1.82, 2.24) is 4.98 Å². The third-order valence-electron chi connectivity index (χ3n) is 2.24. The van der Waals surface area contributed by atoms with E-state index in [-0.39, 0.29) is 0 Å².